The first-order valence-electron chi connectivity index (χ1n) is 6.48. The summed E-state index contributed by atoms with van der Waals surface area (Å²) in [5, 5.41) is 0. The minimum absolute atomic E-state index is 0.638. The summed E-state index contributed by atoms with van der Waals surface area (Å²) >= 11 is 0. The number of hydrogen-bond donors (Lipinski definition) is 0. The lowest BCUT2D eigenvalue weighted by Crippen LogP contribution is -2.18. The third-order valence-electron chi connectivity index (χ3n) is 3.57. The van der Waals surface area contributed by atoms with Crippen LogP contribution < -0.4 is 0 Å². The van der Waals surface area contributed by atoms with Crippen molar-refractivity contribution in [2.24, 2.45) is 0 Å². The molecule has 88 valence electrons. The molecule has 16 heavy (non-hydrogen) atoms. The number of aryl methyl sites for hydroxylation is 1. The van der Waals surface area contributed by atoms with E-state index in [1.54, 1.807) is 0 Å². The van der Waals surface area contributed by atoms with Crippen molar-refractivity contribution in [2.75, 3.05) is 13.1 Å². The summed E-state index contributed by atoms with van der Waals surface area (Å²) in [7, 11) is 0. The molecular weight excluding hydrogens is 194 g/mol. The van der Waals surface area contributed by atoms with Crippen molar-refractivity contribution < 1.29 is 0 Å². The van der Waals surface area contributed by atoms with Crippen LogP contribution in [0.1, 0.15) is 49.3 Å². The van der Waals surface area contributed by atoms with Crippen LogP contribution in [0.4, 0.5) is 0 Å². The van der Waals surface area contributed by atoms with Crippen molar-refractivity contribution in [1.82, 2.24) is 4.90 Å². The van der Waals surface area contributed by atoms with Crippen molar-refractivity contribution >= 4 is 0 Å². The molecule has 0 radical (unpaired) electrons. The van der Waals surface area contributed by atoms with E-state index in [2.05, 4.69) is 43.9 Å². The van der Waals surface area contributed by atoms with Crippen LogP contribution in [0.2, 0.25) is 0 Å². The van der Waals surface area contributed by atoms with Crippen molar-refractivity contribution in [1.29, 1.82) is 0 Å². The summed E-state index contributed by atoms with van der Waals surface area (Å²) in [6.45, 7) is 10.5. The summed E-state index contributed by atoms with van der Waals surface area (Å²) in [5.41, 5.74) is 4.42. The Bertz CT molecular complexity index is 348. The SMILES string of the molecule is Cc1ccc(CN2CCCC2)cc1C(C)C. The van der Waals surface area contributed by atoms with Crippen LogP contribution in [0.5, 0.6) is 0 Å². The second kappa shape index (κ2) is 5.01. The Hall–Kier alpha value is -0.820. The van der Waals surface area contributed by atoms with Gasteiger partial charge in [0.25, 0.3) is 0 Å². The summed E-state index contributed by atoms with van der Waals surface area (Å²) in [6.07, 6.45) is 2.76. The fraction of sp³-hybridized carbons (Fsp3) is 0.600. The molecule has 1 aliphatic rings. The van der Waals surface area contributed by atoms with Gasteiger partial charge < -0.3 is 0 Å². The number of nitrogens with zero attached hydrogens (tertiary/aromatic N) is 1. The molecule has 0 unspecified atom stereocenters. The molecule has 1 heteroatoms. The Morgan fingerprint density at radius 2 is 1.88 bits per heavy atom. The predicted octanol–water partition coefficient (Wildman–Crippen LogP) is 3.71. The van der Waals surface area contributed by atoms with Gasteiger partial charge >= 0.3 is 0 Å². The fourth-order valence-electron chi connectivity index (χ4n) is 2.61. The minimum Gasteiger partial charge on any atom is -0.299 e. The van der Waals surface area contributed by atoms with Gasteiger partial charge in [0.1, 0.15) is 0 Å². The van der Waals surface area contributed by atoms with Gasteiger partial charge in [-0.1, -0.05) is 32.0 Å². The Labute approximate surface area is 99.5 Å². The smallest absolute Gasteiger partial charge is 0.0233 e. The summed E-state index contributed by atoms with van der Waals surface area (Å²) in [4.78, 5) is 2.56. The lowest BCUT2D eigenvalue weighted by Gasteiger charge is -2.17. The molecule has 1 fully saturated rings. The lowest BCUT2D eigenvalue weighted by atomic mass is 9.96. The van der Waals surface area contributed by atoms with Crippen LogP contribution >= 0.6 is 0 Å². The van der Waals surface area contributed by atoms with E-state index < -0.39 is 0 Å². The maximum atomic E-state index is 2.56. The van der Waals surface area contributed by atoms with Crippen LogP contribution in [-0.4, -0.2) is 18.0 Å². The largest absolute Gasteiger partial charge is 0.299 e. The highest BCUT2D eigenvalue weighted by Crippen LogP contribution is 2.22. The zero-order valence-corrected chi connectivity index (χ0v) is 10.8. The number of rotatable bonds is 3. The number of benzene rings is 1. The average Bonchev–Trinajstić information content (AvgIpc) is 2.73. The Morgan fingerprint density at radius 3 is 2.50 bits per heavy atom. The van der Waals surface area contributed by atoms with Gasteiger partial charge in [0, 0.05) is 6.54 Å². The molecule has 2 rings (SSSR count). The highest BCUT2D eigenvalue weighted by atomic mass is 15.1. The summed E-state index contributed by atoms with van der Waals surface area (Å²) < 4.78 is 0. The number of likely N-dealkylation sites (tertiary alicyclic amines) is 1. The molecule has 0 spiro atoms. The highest BCUT2D eigenvalue weighted by Gasteiger charge is 2.12. The van der Waals surface area contributed by atoms with Gasteiger partial charge in [-0.15, -0.1) is 0 Å². The first kappa shape index (κ1) is 11.7. The Balaban J connectivity index is 2.12. The van der Waals surface area contributed by atoms with Crippen LogP contribution in [0.15, 0.2) is 18.2 Å². The van der Waals surface area contributed by atoms with Gasteiger partial charge in [0.2, 0.25) is 0 Å². The highest BCUT2D eigenvalue weighted by molar-refractivity contribution is 5.33. The van der Waals surface area contributed by atoms with Crippen molar-refractivity contribution in [3.8, 4) is 0 Å². The molecule has 1 nitrogen and oxygen atoms in total. The first-order chi connectivity index (χ1) is 7.66. The van der Waals surface area contributed by atoms with Gasteiger partial charge in [0.05, 0.1) is 0 Å². The van der Waals surface area contributed by atoms with E-state index in [-0.39, 0.29) is 0 Å². The first-order valence-corrected chi connectivity index (χ1v) is 6.48. The van der Waals surface area contributed by atoms with E-state index in [0.717, 1.165) is 6.54 Å². The Morgan fingerprint density at radius 1 is 1.19 bits per heavy atom. The normalized spacial score (nSPS) is 17.2. The molecule has 1 heterocycles. The second-order valence-electron chi connectivity index (χ2n) is 5.33. The van der Waals surface area contributed by atoms with Gasteiger partial charge in [-0.2, -0.15) is 0 Å². The molecule has 1 aromatic rings. The quantitative estimate of drug-likeness (QED) is 0.746. The molecule has 1 aromatic carbocycles. The Kier molecular flexibility index (Phi) is 3.65. The van der Waals surface area contributed by atoms with E-state index in [4.69, 9.17) is 0 Å². The monoisotopic (exact) mass is 217 g/mol. The molecule has 1 saturated heterocycles. The molecule has 1 aliphatic heterocycles. The van der Waals surface area contributed by atoms with Crippen molar-refractivity contribution in [3.63, 3.8) is 0 Å². The summed E-state index contributed by atoms with van der Waals surface area (Å²) in [6, 6.07) is 6.97. The van der Waals surface area contributed by atoms with Gasteiger partial charge in [-0.05, 0) is 55.5 Å². The maximum absolute atomic E-state index is 2.56. The third kappa shape index (κ3) is 2.65. The van der Waals surface area contributed by atoms with Crippen molar-refractivity contribution in [2.45, 2.75) is 46.1 Å². The molecule has 0 N–H and O–H groups in total. The van der Waals surface area contributed by atoms with E-state index in [1.807, 2.05) is 0 Å². The topological polar surface area (TPSA) is 3.24 Å². The van der Waals surface area contributed by atoms with Crippen LogP contribution in [0.25, 0.3) is 0 Å². The van der Waals surface area contributed by atoms with Gasteiger partial charge in [0.15, 0.2) is 0 Å². The van der Waals surface area contributed by atoms with Crippen molar-refractivity contribution in [3.05, 3.63) is 34.9 Å². The number of hydrogen-bond acceptors (Lipinski definition) is 1. The lowest BCUT2D eigenvalue weighted by molar-refractivity contribution is 0.331. The van der Waals surface area contributed by atoms with Gasteiger partial charge in [-0.25, -0.2) is 0 Å². The average molecular weight is 217 g/mol. The molecule has 0 aromatic heterocycles. The zero-order chi connectivity index (χ0) is 11.5. The molecular formula is C15H23N. The molecule has 0 saturated carbocycles. The van der Waals surface area contributed by atoms with E-state index >= 15 is 0 Å². The van der Waals surface area contributed by atoms with E-state index in [9.17, 15) is 0 Å². The minimum atomic E-state index is 0.638. The second-order valence-corrected chi connectivity index (χ2v) is 5.33. The standard InChI is InChI=1S/C15H23N/c1-12(2)15-10-14(7-6-13(15)3)11-16-8-4-5-9-16/h6-7,10,12H,4-5,8-9,11H2,1-3H3. The molecule has 0 aliphatic carbocycles. The van der Waals surface area contributed by atoms with E-state index in [1.165, 1.54) is 42.6 Å². The summed E-state index contributed by atoms with van der Waals surface area (Å²) in [5.74, 6) is 0.638. The maximum Gasteiger partial charge on any atom is 0.0233 e. The third-order valence-corrected chi connectivity index (χ3v) is 3.57. The van der Waals surface area contributed by atoms with Crippen LogP contribution in [0.3, 0.4) is 0 Å². The molecule has 0 amide bonds. The fourth-order valence-corrected chi connectivity index (χ4v) is 2.61. The van der Waals surface area contributed by atoms with Gasteiger partial charge in [-0.3, -0.25) is 4.90 Å². The predicted molar refractivity (Wildman–Crippen MR) is 69.8 cm³/mol. The molecule has 0 atom stereocenters. The van der Waals surface area contributed by atoms with Crippen LogP contribution in [0, 0.1) is 6.92 Å². The molecule has 0 bridgehead atoms. The zero-order valence-electron chi connectivity index (χ0n) is 10.8. The van der Waals surface area contributed by atoms with E-state index in [0.29, 0.717) is 5.92 Å². The van der Waals surface area contributed by atoms with Crippen LogP contribution in [-0.2, 0) is 6.54 Å².